The van der Waals surface area contributed by atoms with Crippen LogP contribution in [-0.2, 0) is 43.8 Å². The van der Waals surface area contributed by atoms with E-state index in [1.165, 1.54) is 16.7 Å². The minimum absolute atomic E-state index is 0.0962. The number of amides is 1. The minimum Gasteiger partial charge on any atom is -0.494 e. The standard InChI is InChI=1S/C51H62ClN3O9/c1-33(32-64-45-17-22-53-43-13-4-8-34(2)47(43)45)26-37-29-36-15-16-41(31-42(36)50(37)18-20-51(21-19-50,49(59)60)55-39-11-6-10-38(52)30-39)62-23-7-14-46(56)54-44(48(57)58)28-35-9-5-12-40(27-35)63-25-24-61-3/h5-6,9-12,15-17,22,27,30-31,33-34,37,44,55H,4,7-8,13-14,18-21,23-26,28-29,32H2,1-3H3,(H,54,56)(H,57,58)(H,59,60)/t33-,34-,37+,44-,50?,51?/m1/s1. The molecule has 4 atom stereocenters. The van der Waals surface area contributed by atoms with Crippen molar-refractivity contribution in [2.75, 3.05) is 38.9 Å². The summed E-state index contributed by atoms with van der Waals surface area (Å²) in [6, 6.07) is 21.5. The molecule has 0 saturated heterocycles. The maximum atomic E-state index is 13.1. The third kappa shape index (κ3) is 11.1. The van der Waals surface area contributed by atoms with Gasteiger partial charge < -0.3 is 39.8 Å². The number of pyridine rings is 1. The van der Waals surface area contributed by atoms with E-state index in [0.29, 0.717) is 80.1 Å². The molecule has 3 aliphatic rings. The number of aliphatic carboxylic acids is 2. The predicted molar refractivity (Wildman–Crippen MR) is 246 cm³/mol. The fraction of sp³-hybridized carbons (Fsp3) is 0.490. The maximum absolute atomic E-state index is 13.1. The number of rotatable bonds is 21. The summed E-state index contributed by atoms with van der Waals surface area (Å²) in [5, 5.41) is 27.2. The highest BCUT2D eigenvalue weighted by Crippen LogP contribution is 2.57. The highest BCUT2D eigenvalue weighted by molar-refractivity contribution is 6.30. The smallest absolute Gasteiger partial charge is 0.329 e. The first kappa shape index (κ1) is 46.7. The van der Waals surface area contributed by atoms with Crippen LogP contribution in [0, 0.1) is 11.8 Å². The number of ether oxygens (including phenoxy) is 4. The lowest BCUT2D eigenvalue weighted by Gasteiger charge is -2.47. The van der Waals surface area contributed by atoms with E-state index in [1.807, 2.05) is 30.5 Å². The normalized spacial score (nSPS) is 22.1. The average molecular weight is 897 g/mol. The van der Waals surface area contributed by atoms with Crippen LogP contribution >= 0.6 is 11.6 Å². The second-order valence-corrected chi connectivity index (χ2v) is 18.6. The van der Waals surface area contributed by atoms with Gasteiger partial charge in [-0.1, -0.05) is 49.7 Å². The number of carbonyl (C=O) groups excluding carboxylic acids is 1. The van der Waals surface area contributed by atoms with Crippen LogP contribution < -0.4 is 24.8 Å². The molecule has 0 bridgehead atoms. The van der Waals surface area contributed by atoms with E-state index in [0.717, 1.165) is 49.1 Å². The van der Waals surface area contributed by atoms with Crippen LogP contribution in [-0.4, -0.2) is 78.2 Å². The quantitative estimate of drug-likeness (QED) is 0.0590. The number of nitrogens with zero attached hydrogens (tertiary/aromatic N) is 1. The third-order valence-electron chi connectivity index (χ3n) is 13.6. The summed E-state index contributed by atoms with van der Waals surface area (Å²) in [6.45, 7) is 6.15. The Hall–Kier alpha value is -5.33. The Morgan fingerprint density at radius 1 is 0.922 bits per heavy atom. The molecule has 0 aliphatic heterocycles. The van der Waals surface area contributed by atoms with E-state index in [2.05, 4.69) is 41.6 Å². The summed E-state index contributed by atoms with van der Waals surface area (Å²) in [6.07, 6.45) is 9.72. The molecule has 4 aromatic rings. The van der Waals surface area contributed by atoms with Gasteiger partial charge in [-0.05, 0) is 153 Å². The van der Waals surface area contributed by atoms with Crippen molar-refractivity contribution in [3.8, 4) is 17.2 Å². The highest BCUT2D eigenvalue weighted by Gasteiger charge is 2.54. The van der Waals surface area contributed by atoms with Gasteiger partial charge in [0.05, 0.1) is 19.8 Å². The van der Waals surface area contributed by atoms with Gasteiger partial charge >= 0.3 is 11.9 Å². The molecular weight excluding hydrogens is 834 g/mol. The van der Waals surface area contributed by atoms with Crippen molar-refractivity contribution in [1.29, 1.82) is 0 Å². The number of fused-ring (bicyclic) bond motifs is 3. The van der Waals surface area contributed by atoms with Crippen LogP contribution in [0.4, 0.5) is 5.69 Å². The first-order valence-electron chi connectivity index (χ1n) is 22.7. The van der Waals surface area contributed by atoms with E-state index < -0.39 is 23.5 Å². The number of carboxylic acid groups (broad SMARTS) is 2. The Balaban J connectivity index is 1.01. The predicted octanol–water partition coefficient (Wildman–Crippen LogP) is 9.20. The Morgan fingerprint density at radius 2 is 1.70 bits per heavy atom. The van der Waals surface area contributed by atoms with Gasteiger partial charge in [0.1, 0.15) is 35.4 Å². The number of halogens is 1. The molecule has 1 fully saturated rings. The van der Waals surface area contributed by atoms with Crippen molar-refractivity contribution in [2.24, 2.45) is 11.8 Å². The monoisotopic (exact) mass is 895 g/mol. The van der Waals surface area contributed by atoms with Gasteiger partial charge in [-0.15, -0.1) is 0 Å². The molecule has 64 heavy (non-hydrogen) atoms. The van der Waals surface area contributed by atoms with Crippen molar-refractivity contribution in [2.45, 2.75) is 114 Å². The van der Waals surface area contributed by atoms with Crippen molar-refractivity contribution < 1.29 is 43.5 Å². The summed E-state index contributed by atoms with van der Waals surface area (Å²) in [5.74, 6) is 0.787. The zero-order valence-electron chi connectivity index (χ0n) is 37.2. The first-order chi connectivity index (χ1) is 30.9. The van der Waals surface area contributed by atoms with Crippen LogP contribution in [0.25, 0.3) is 0 Å². The molecule has 13 heteroatoms. The van der Waals surface area contributed by atoms with Gasteiger partial charge in [0.15, 0.2) is 0 Å². The van der Waals surface area contributed by atoms with Crippen LogP contribution in [0.2, 0.25) is 5.02 Å². The molecule has 3 aliphatic carbocycles. The van der Waals surface area contributed by atoms with Gasteiger partial charge in [-0.25, -0.2) is 9.59 Å². The van der Waals surface area contributed by atoms with Crippen LogP contribution in [0.3, 0.4) is 0 Å². The maximum Gasteiger partial charge on any atom is 0.329 e. The minimum atomic E-state index is -1.15. The number of anilines is 1. The van der Waals surface area contributed by atoms with E-state index in [-0.39, 0.29) is 42.6 Å². The molecule has 4 N–H and O–H groups in total. The molecule has 342 valence electrons. The molecule has 1 aromatic heterocycles. The first-order valence-corrected chi connectivity index (χ1v) is 23.1. The molecule has 1 spiro atoms. The van der Waals surface area contributed by atoms with Crippen molar-refractivity contribution in [3.05, 3.63) is 112 Å². The van der Waals surface area contributed by atoms with E-state index in [1.54, 1.807) is 43.5 Å². The fourth-order valence-corrected chi connectivity index (χ4v) is 10.5. The SMILES string of the molecule is COCCOc1cccc(C[C@@H](NC(=O)CCCOc2ccc3c(c2)C2(CCC(Nc4cccc(Cl)c4)(C(=O)O)CC2)[C@@H](C[C@@H](C)COc2ccnc4c2[C@H](C)CCC4)C3)C(=O)O)c1. The van der Waals surface area contributed by atoms with Crippen LogP contribution in [0.5, 0.6) is 17.2 Å². The van der Waals surface area contributed by atoms with Crippen molar-refractivity contribution in [1.82, 2.24) is 10.3 Å². The molecule has 7 rings (SSSR count). The Kier molecular flexibility index (Phi) is 15.4. The van der Waals surface area contributed by atoms with E-state index >= 15 is 0 Å². The van der Waals surface area contributed by atoms with Crippen LogP contribution in [0.15, 0.2) is 79.0 Å². The number of carboxylic acids is 2. The second-order valence-electron chi connectivity index (χ2n) is 18.1. The van der Waals surface area contributed by atoms with Gasteiger partial charge in [0.2, 0.25) is 5.91 Å². The number of methoxy groups -OCH3 is 1. The molecule has 0 radical (unpaired) electrons. The largest absolute Gasteiger partial charge is 0.494 e. The lowest BCUT2D eigenvalue weighted by atomic mass is 9.59. The van der Waals surface area contributed by atoms with E-state index in [9.17, 15) is 24.6 Å². The molecule has 1 saturated carbocycles. The number of nitrogens with one attached hydrogen (secondary N) is 2. The summed E-state index contributed by atoms with van der Waals surface area (Å²) < 4.78 is 23.6. The summed E-state index contributed by atoms with van der Waals surface area (Å²) in [4.78, 5) is 42.9. The van der Waals surface area contributed by atoms with Gasteiger partial charge in [-0.2, -0.15) is 0 Å². The molecule has 12 nitrogen and oxygen atoms in total. The fourth-order valence-electron chi connectivity index (χ4n) is 10.3. The lowest BCUT2D eigenvalue weighted by Crippen LogP contribution is -2.53. The van der Waals surface area contributed by atoms with Crippen molar-refractivity contribution in [3.63, 3.8) is 0 Å². The van der Waals surface area contributed by atoms with Crippen LogP contribution in [0.1, 0.15) is 106 Å². The molecule has 3 aromatic carbocycles. The second kappa shape index (κ2) is 21.1. The summed E-state index contributed by atoms with van der Waals surface area (Å²) >= 11 is 6.31. The number of aryl methyl sites for hydroxylation is 1. The topological polar surface area (TPSA) is 166 Å². The molecule has 0 unspecified atom stereocenters. The molecular formula is C51H62ClN3O9. The van der Waals surface area contributed by atoms with Gasteiger partial charge in [0, 0.05) is 48.1 Å². The van der Waals surface area contributed by atoms with Gasteiger partial charge in [-0.3, -0.25) is 9.78 Å². The number of hydrogen-bond acceptors (Lipinski definition) is 9. The number of hydrogen-bond donors (Lipinski definition) is 4. The Bertz CT molecular complexity index is 2260. The number of benzene rings is 3. The summed E-state index contributed by atoms with van der Waals surface area (Å²) in [7, 11) is 1.59. The Labute approximate surface area is 381 Å². The molecule has 1 heterocycles. The van der Waals surface area contributed by atoms with Crippen molar-refractivity contribution >= 4 is 35.1 Å². The number of aromatic nitrogens is 1. The zero-order valence-corrected chi connectivity index (χ0v) is 38.0. The molecule has 1 amide bonds. The van der Waals surface area contributed by atoms with E-state index in [4.69, 9.17) is 30.5 Å². The number of carbonyl (C=O) groups is 3. The zero-order chi connectivity index (χ0) is 45.3. The Morgan fingerprint density at radius 3 is 2.47 bits per heavy atom. The van der Waals surface area contributed by atoms with Gasteiger partial charge in [0.25, 0.3) is 0 Å². The highest BCUT2D eigenvalue weighted by atomic mass is 35.5. The summed E-state index contributed by atoms with van der Waals surface area (Å²) in [5.41, 5.74) is 4.84. The average Bonchev–Trinajstić information content (AvgIpc) is 3.56. The lowest BCUT2D eigenvalue weighted by molar-refractivity contribution is -0.144. The third-order valence-corrected chi connectivity index (χ3v) is 13.8.